The molecule has 0 aromatic rings. The van der Waals surface area contributed by atoms with E-state index in [2.05, 4.69) is 31.2 Å². The van der Waals surface area contributed by atoms with Gasteiger partial charge in [-0.25, -0.2) is 0 Å². The molecule has 1 fully saturated rings. The molecular weight excluding hydrogens is 316 g/mol. The predicted octanol–water partition coefficient (Wildman–Crippen LogP) is 4.85. The first-order chi connectivity index (χ1) is 12.2. The second-order valence-corrected chi connectivity index (χ2v) is 6.96. The highest BCUT2D eigenvalue weighted by Crippen LogP contribution is 2.26. The van der Waals surface area contributed by atoms with Crippen molar-refractivity contribution in [3.63, 3.8) is 0 Å². The SMILES string of the molecule is CCCCCC/C=C/C=C\CCCCCCCC1(O)OCC(CO)O1. The zero-order valence-electron chi connectivity index (χ0n) is 16.0. The molecule has 2 unspecified atom stereocenters. The van der Waals surface area contributed by atoms with Gasteiger partial charge in [0.05, 0.1) is 13.2 Å². The van der Waals surface area contributed by atoms with Gasteiger partial charge in [0.15, 0.2) is 0 Å². The lowest BCUT2D eigenvalue weighted by Gasteiger charge is -2.20. The van der Waals surface area contributed by atoms with Crippen LogP contribution in [0.4, 0.5) is 0 Å². The van der Waals surface area contributed by atoms with E-state index in [-0.39, 0.29) is 19.3 Å². The van der Waals surface area contributed by atoms with E-state index >= 15 is 0 Å². The molecule has 0 radical (unpaired) electrons. The van der Waals surface area contributed by atoms with E-state index in [9.17, 15) is 5.11 Å². The van der Waals surface area contributed by atoms with Gasteiger partial charge in [-0.05, 0) is 32.1 Å². The van der Waals surface area contributed by atoms with Crippen LogP contribution in [0.2, 0.25) is 0 Å². The lowest BCUT2D eigenvalue weighted by atomic mass is 10.1. The van der Waals surface area contributed by atoms with Crippen LogP contribution < -0.4 is 0 Å². The molecule has 1 aliphatic heterocycles. The third-order valence-corrected chi connectivity index (χ3v) is 4.52. The zero-order valence-corrected chi connectivity index (χ0v) is 16.0. The van der Waals surface area contributed by atoms with Gasteiger partial charge in [-0.3, -0.25) is 0 Å². The van der Waals surface area contributed by atoms with Crippen molar-refractivity contribution in [1.82, 2.24) is 0 Å². The molecule has 25 heavy (non-hydrogen) atoms. The Hall–Kier alpha value is -0.680. The Labute approximate surface area is 153 Å². The van der Waals surface area contributed by atoms with Crippen LogP contribution in [0.15, 0.2) is 24.3 Å². The Morgan fingerprint density at radius 3 is 2.12 bits per heavy atom. The number of rotatable bonds is 15. The molecule has 0 amide bonds. The number of ether oxygens (including phenoxy) is 2. The second-order valence-electron chi connectivity index (χ2n) is 6.96. The van der Waals surface area contributed by atoms with E-state index in [4.69, 9.17) is 14.6 Å². The van der Waals surface area contributed by atoms with Crippen LogP contribution in [-0.2, 0) is 9.47 Å². The Morgan fingerprint density at radius 2 is 1.52 bits per heavy atom. The van der Waals surface area contributed by atoms with Crippen LogP contribution in [0, 0.1) is 0 Å². The van der Waals surface area contributed by atoms with Crippen LogP contribution in [-0.4, -0.2) is 35.5 Å². The standard InChI is InChI=1S/C21H38O4/c1-2-3-4-5-6-7-8-9-10-11-12-13-14-15-16-17-21(23)24-19-20(18-22)25-21/h7-10,20,22-23H,2-6,11-19H2,1H3/b8-7+,10-9-. The van der Waals surface area contributed by atoms with Crippen LogP contribution in [0.25, 0.3) is 0 Å². The first-order valence-corrected chi connectivity index (χ1v) is 10.2. The molecule has 0 bridgehead atoms. The van der Waals surface area contributed by atoms with E-state index in [1.54, 1.807) is 0 Å². The first-order valence-electron chi connectivity index (χ1n) is 10.2. The number of aliphatic hydroxyl groups is 2. The molecule has 0 aromatic carbocycles. The summed E-state index contributed by atoms with van der Waals surface area (Å²) in [7, 11) is 0. The largest absolute Gasteiger partial charge is 0.394 e. The van der Waals surface area contributed by atoms with E-state index in [1.807, 2.05) is 0 Å². The van der Waals surface area contributed by atoms with Crippen molar-refractivity contribution in [3.05, 3.63) is 24.3 Å². The van der Waals surface area contributed by atoms with Gasteiger partial charge in [0.1, 0.15) is 6.10 Å². The Morgan fingerprint density at radius 1 is 0.920 bits per heavy atom. The van der Waals surface area contributed by atoms with Gasteiger partial charge in [-0.2, -0.15) is 0 Å². The number of hydrogen-bond acceptors (Lipinski definition) is 4. The lowest BCUT2D eigenvalue weighted by molar-refractivity contribution is -0.316. The van der Waals surface area contributed by atoms with Crippen LogP contribution in [0.1, 0.15) is 84.0 Å². The molecule has 1 aliphatic rings. The monoisotopic (exact) mass is 354 g/mol. The summed E-state index contributed by atoms with van der Waals surface area (Å²) in [6.07, 6.45) is 22.1. The Bertz CT molecular complexity index is 367. The molecule has 4 heteroatoms. The number of allylic oxidation sites excluding steroid dienone is 4. The smallest absolute Gasteiger partial charge is 0.280 e. The van der Waals surface area contributed by atoms with Crippen LogP contribution in [0.5, 0.6) is 0 Å². The molecular formula is C21H38O4. The van der Waals surface area contributed by atoms with Crippen molar-refractivity contribution in [2.24, 2.45) is 0 Å². The van der Waals surface area contributed by atoms with Gasteiger partial charge in [0.25, 0.3) is 5.97 Å². The van der Waals surface area contributed by atoms with Crippen LogP contribution >= 0.6 is 0 Å². The maximum absolute atomic E-state index is 10.0. The highest BCUT2D eigenvalue weighted by Gasteiger charge is 2.38. The molecule has 0 spiro atoms. The lowest BCUT2D eigenvalue weighted by Crippen LogP contribution is -2.30. The number of aliphatic hydroxyl groups excluding tert-OH is 1. The quantitative estimate of drug-likeness (QED) is 0.326. The summed E-state index contributed by atoms with van der Waals surface area (Å²) < 4.78 is 10.5. The molecule has 1 heterocycles. The first kappa shape index (κ1) is 22.4. The van der Waals surface area contributed by atoms with Gasteiger partial charge in [0.2, 0.25) is 0 Å². The highest BCUT2D eigenvalue weighted by atomic mass is 16.9. The topological polar surface area (TPSA) is 58.9 Å². The maximum atomic E-state index is 10.0. The van der Waals surface area contributed by atoms with Crippen molar-refractivity contribution in [2.75, 3.05) is 13.2 Å². The van der Waals surface area contributed by atoms with Crippen molar-refractivity contribution in [2.45, 2.75) is 96.1 Å². The summed E-state index contributed by atoms with van der Waals surface area (Å²) in [5.41, 5.74) is 0. The average molecular weight is 355 g/mol. The van der Waals surface area contributed by atoms with Crippen molar-refractivity contribution < 1.29 is 19.7 Å². The molecule has 1 rings (SSSR count). The second kappa shape index (κ2) is 14.5. The fourth-order valence-electron chi connectivity index (χ4n) is 2.95. The molecule has 2 atom stereocenters. The fourth-order valence-corrected chi connectivity index (χ4v) is 2.95. The average Bonchev–Trinajstić information content (AvgIpc) is 3.00. The summed E-state index contributed by atoms with van der Waals surface area (Å²) in [4.78, 5) is 0. The number of hydrogen-bond donors (Lipinski definition) is 2. The minimum absolute atomic E-state index is 0.107. The van der Waals surface area contributed by atoms with Crippen molar-refractivity contribution >= 4 is 0 Å². The third kappa shape index (κ3) is 11.5. The van der Waals surface area contributed by atoms with E-state index < -0.39 is 5.97 Å². The van der Waals surface area contributed by atoms with E-state index in [0.29, 0.717) is 6.42 Å². The highest BCUT2D eigenvalue weighted by molar-refractivity contribution is 5.02. The van der Waals surface area contributed by atoms with Crippen molar-refractivity contribution in [3.8, 4) is 0 Å². The van der Waals surface area contributed by atoms with Gasteiger partial charge in [0, 0.05) is 6.42 Å². The summed E-state index contributed by atoms with van der Waals surface area (Å²) in [6.45, 7) is 2.41. The van der Waals surface area contributed by atoms with E-state index in [0.717, 1.165) is 19.3 Å². The van der Waals surface area contributed by atoms with Crippen LogP contribution in [0.3, 0.4) is 0 Å². The summed E-state index contributed by atoms with van der Waals surface area (Å²) in [5, 5.41) is 19.0. The van der Waals surface area contributed by atoms with Crippen molar-refractivity contribution in [1.29, 1.82) is 0 Å². The normalized spacial score (nSPS) is 24.0. The molecule has 0 saturated carbocycles. The minimum atomic E-state index is -1.47. The predicted molar refractivity (Wildman–Crippen MR) is 102 cm³/mol. The molecule has 1 saturated heterocycles. The Kier molecular flexibility index (Phi) is 13.0. The maximum Gasteiger partial charge on any atom is 0.280 e. The molecule has 2 N–H and O–H groups in total. The number of unbranched alkanes of at least 4 members (excludes halogenated alkanes) is 9. The van der Waals surface area contributed by atoms with Gasteiger partial charge < -0.3 is 19.7 Å². The van der Waals surface area contributed by atoms with Gasteiger partial charge in [-0.1, -0.05) is 69.8 Å². The molecule has 0 aromatic heterocycles. The molecule has 146 valence electrons. The third-order valence-electron chi connectivity index (χ3n) is 4.52. The summed E-state index contributed by atoms with van der Waals surface area (Å²) >= 11 is 0. The zero-order chi connectivity index (χ0) is 18.2. The minimum Gasteiger partial charge on any atom is -0.394 e. The molecule has 0 aliphatic carbocycles. The summed E-state index contributed by atoms with van der Waals surface area (Å²) in [5.74, 6) is -1.47. The van der Waals surface area contributed by atoms with E-state index in [1.165, 1.54) is 51.4 Å². The molecule has 4 nitrogen and oxygen atoms in total. The fraction of sp³-hybridized carbons (Fsp3) is 0.810. The Balaban J connectivity index is 1.87. The van der Waals surface area contributed by atoms with Gasteiger partial charge in [-0.15, -0.1) is 0 Å². The summed E-state index contributed by atoms with van der Waals surface area (Å²) in [6, 6.07) is 0. The van der Waals surface area contributed by atoms with Gasteiger partial charge >= 0.3 is 0 Å².